The minimum Gasteiger partial charge on any atom is -0.322 e. The van der Waals surface area contributed by atoms with E-state index >= 15 is 0 Å². The summed E-state index contributed by atoms with van der Waals surface area (Å²) in [5.41, 5.74) is -0.344. The van der Waals surface area contributed by atoms with Crippen molar-refractivity contribution in [2.24, 2.45) is 11.8 Å². The molecule has 1 saturated heterocycles. The van der Waals surface area contributed by atoms with Gasteiger partial charge in [0.2, 0.25) is 5.91 Å². The quantitative estimate of drug-likeness (QED) is 0.851. The Labute approximate surface area is 118 Å². The van der Waals surface area contributed by atoms with Crippen LogP contribution in [0.15, 0.2) is 0 Å². The van der Waals surface area contributed by atoms with Crippen molar-refractivity contribution in [2.75, 3.05) is 0 Å². The predicted octanol–water partition coefficient (Wildman–Crippen LogP) is 3.15. The molecule has 1 heterocycles. The summed E-state index contributed by atoms with van der Waals surface area (Å²) in [6.45, 7) is 11.0. The van der Waals surface area contributed by atoms with Gasteiger partial charge in [-0.05, 0) is 50.9 Å². The van der Waals surface area contributed by atoms with Crippen molar-refractivity contribution < 1.29 is 4.79 Å². The summed E-state index contributed by atoms with van der Waals surface area (Å²) in [5, 5.41) is 3.57. The van der Waals surface area contributed by atoms with Crippen LogP contribution in [0.5, 0.6) is 0 Å². The first-order valence-corrected chi connectivity index (χ1v) is 8.03. The molecule has 2 aliphatic rings. The molecule has 5 atom stereocenters. The number of carbonyl (C=O) groups is 1. The maximum absolute atomic E-state index is 12.8. The maximum Gasteiger partial charge on any atom is 0.244 e. The fourth-order valence-electron chi connectivity index (χ4n) is 3.92. The van der Waals surface area contributed by atoms with Crippen LogP contribution in [-0.4, -0.2) is 28.6 Å². The van der Waals surface area contributed by atoms with Crippen molar-refractivity contribution in [1.29, 1.82) is 0 Å². The van der Waals surface area contributed by atoms with Crippen LogP contribution >= 0.6 is 0 Å². The molecule has 0 aromatic heterocycles. The molecule has 2 rings (SSSR count). The Morgan fingerprint density at radius 3 is 2.53 bits per heavy atom. The Kier molecular flexibility index (Phi) is 4.24. The molecule has 0 bridgehead atoms. The van der Waals surface area contributed by atoms with E-state index in [0.29, 0.717) is 17.9 Å². The third kappa shape index (κ3) is 2.54. The Morgan fingerprint density at radius 1 is 1.32 bits per heavy atom. The van der Waals surface area contributed by atoms with Crippen molar-refractivity contribution in [3.8, 4) is 0 Å². The van der Waals surface area contributed by atoms with Gasteiger partial charge in [0.15, 0.2) is 0 Å². The largest absolute Gasteiger partial charge is 0.322 e. The van der Waals surface area contributed by atoms with Gasteiger partial charge < -0.3 is 4.90 Å². The number of hydrogen-bond donors (Lipinski definition) is 1. The van der Waals surface area contributed by atoms with E-state index in [2.05, 4.69) is 44.8 Å². The first-order valence-electron chi connectivity index (χ1n) is 8.03. The summed E-state index contributed by atoms with van der Waals surface area (Å²) in [7, 11) is 0. The Bertz CT molecular complexity index is 344. The molecule has 2 fully saturated rings. The summed E-state index contributed by atoms with van der Waals surface area (Å²) in [5.74, 6) is 1.77. The summed E-state index contributed by atoms with van der Waals surface area (Å²) >= 11 is 0. The van der Waals surface area contributed by atoms with E-state index < -0.39 is 0 Å². The molecule has 1 N–H and O–H groups in total. The molecule has 3 nitrogen and oxygen atoms in total. The van der Waals surface area contributed by atoms with Crippen LogP contribution in [0.2, 0.25) is 0 Å². The molecule has 1 aliphatic heterocycles. The first kappa shape index (κ1) is 14.8. The van der Waals surface area contributed by atoms with Crippen LogP contribution in [-0.2, 0) is 4.79 Å². The average Bonchev–Trinajstić information content (AvgIpc) is 2.63. The highest BCUT2D eigenvalue weighted by Crippen LogP contribution is 2.37. The molecular weight excluding hydrogens is 236 g/mol. The molecule has 0 spiro atoms. The van der Waals surface area contributed by atoms with Crippen molar-refractivity contribution in [1.82, 2.24) is 10.2 Å². The topological polar surface area (TPSA) is 32.3 Å². The second-order valence-electron chi connectivity index (χ2n) is 6.93. The molecule has 110 valence electrons. The van der Waals surface area contributed by atoms with Gasteiger partial charge in [0.25, 0.3) is 0 Å². The zero-order valence-electron chi connectivity index (χ0n) is 13.2. The van der Waals surface area contributed by atoms with Gasteiger partial charge in [0, 0.05) is 6.04 Å². The van der Waals surface area contributed by atoms with Gasteiger partial charge >= 0.3 is 0 Å². The lowest BCUT2D eigenvalue weighted by atomic mass is 9.78. The second kappa shape index (κ2) is 5.43. The van der Waals surface area contributed by atoms with Gasteiger partial charge in [-0.15, -0.1) is 0 Å². The lowest BCUT2D eigenvalue weighted by Gasteiger charge is -2.41. The zero-order chi connectivity index (χ0) is 14.2. The second-order valence-corrected chi connectivity index (χ2v) is 6.93. The van der Waals surface area contributed by atoms with Crippen LogP contribution in [0.1, 0.15) is 66.7 Å². The summed E-state index contributed by atoms with van der Waals surface area (Å²) in [4.78, 5) is 15.0. The summed E-state index contributed by atoms with van der Waals surface area (Å²) in [6.07, 6.45) is 5.80. The molecule has 19 heavy (non-hydrogen) atoms. The SMILES string of the molecule is CCC1NC(C)(CC)C(=O)N1C1CCC(C)CC1C. The highest BCUT2D eigenvalue weighted by molar-refractivity contribution is 5.88. The Hall–Kier alpha value is -0.570. The molecule has 0 aromatic carbocycles. The van der Waals surface area contributed by atoms with Gasteiger partial charge in [-0.3, -0.25) is 10.1 Å². The van der Waals surface area contributed by atoms with E-state index in [1.54, 1.807) is 0 Å². The first-order chi connectivity index (χ1) is 8.92. The number of carbonyl (C=O) groups excluding carboxylic acids is 1. The number of amides is 1. The van der Waals surface area contributed by atoms with E-state index in [1.165, 1.54) is 19.3 Å². The third-order valence-corrected chi connectivity index (χ3v) is 5.36. The van der Waals surface area contributed by atoms with Crippen LogP contribution in [0.4, 0.5) is 0 Å². The maximum atomic E-state index is 12.8. The van der Waals surface area contributed by atoms with Crippen molar-refractivity contribution in [3.63, 3.8) is 0 Å². The summed E-state index contributed by atoms with van der Waals surface area (Å²) < 4.78 is 0. The highest BCUT2D eigenvalue weighted by atomic mass is 16.2. The predicted molar refractivity (Wildman–Crippen MR) is 78.7 cm³/mol. The summed E-state index contributed by atoms with van der Waals surface area (Å²) in [6, 6.07) is 0.439. The molecular formula is C16H30N2O. The fraction of sp³-hybridized carbons (Fsp3) is 0.938. The van der Waals surface area contributed by atoms with Crippen LogP contribution in [0.3, 0.4) is 0 Å². The van der Waals surface area contributed by atoms with E-state index in [1.807, 2.05) is 0 Å². The van der Waals surface area contributed by atoms with E-state index in [-0.39, 0.29) is 11.7 Å². The smallest absolute Gasteiger partial charge is 0.244 e. The van der Waals surface area contributed by atoms with Crippen molar-refractivity contribution >= 4 is 5.91 Å². The number of rotatable bonds is 3. The molecule has 1 amide bonds. The van der Waals surface area contributed by atoms with E-state index in [4.69, 9.17) is 0 Å². The van der Waals surface area contributed by atoms with Gasteiger partial charge in [-0.1, -0.05) is 27.7 Å². The molecule has 5 unspecified atom stereocenters. The molecule has 0 radical (unpaired) electrons. The van der Waals surface area contributed by atoms with Crippen molar-refractivity contribution in [2.45, 2.75) is 84.5 Å². The van der Waals surface area contributed by atoms with Gasteiger partial charge in [0.1, 0.15) is 0 Å². The van der Waals surface area contributed by atoms with E-state index in [9.17, 15) is 4.79 Å². The molecule has 1 saturated carbocycles. The van der Waals surface area contributed by atoms with Crippen molar-refractivity contribution in [3.05, 3.63) is 0 Å². The molecule has 1 aliphatic carbocycles. The third-order valence-electron chi connectivity index (χ3n) is 5.36. The minimum absolute atomic E-state index is 0.235. The van der Waals surface area contributed by atoms with Gasteiger partial charge in [0.05, 0.1) is 11.7 Å². The normalized spacial score (nSPS) is 43.8. The highest BCUT2D eigenvalue weighted by Gasteiger charge is 2.49. The zero-order valence-corrected chi connectivity index (χ0v) is 13.2. The number of hydrogen-bond acceptors (Lipinski definition) is 2. The Morgan fingerprint density at radius 2 is 2.00 bits per heavy atom. The molecule has 0 aromatic rings. The van der Waals surface area contributed by atoms with Crippen LogP contribution < -0.4 is 5.32 Å². The average molecular weight is 266 g/mol. The fourth-order valence-corrected chi connectivity index (χ4v) is 3.92. The lowest BCUT2D eigenvalue weighted by Crippen LogP contribution is -2.49. The monoisotopic (exact) mass is 266 g/mol. The minimum atomic E-state index is -0.344. The standard InChI is InChI=1S/C16H30N2O/c1-6-14-17-16(5,7-2)15(19)18(14)13-9-8-11(3)10-12(13)4/h11-14,17H,6-10H2,1-5H3. The van der Waals surface area contributed by atoms with Crippen LogP contribution in [0, 0.1) is 11.8 Å². The van der Waals surface area contributed by atoms with Crippen LogP contribution in [0.25, 0.3) is 0 Å². The van der Waals surface area contributed by atoms with Gasteiger partial charge in [-0.25, -0.2) is 0 Å². The lowest BCUT2D eigenvalue weighted by molar-refractivity contribution is -0.137. The van der Waals surface area contributed by atoms with Gasteiger partial charge in [-0.2, -0.15) is 0 Å². The Balaban J connectivity index is 2.20. The number of nitrogens with one attached hydrogen (secondary N) is 1. The molecule has 3 heteroatoms. The van der Waals surface area contributed by atoms with E-state index in [0.717, 1.165) is 18.8 Å². The number of nitrogens with zero attached hydrogens (tertiary/aromatic N) is 1.